The summed E-state index contributed by atoms with van der Waals surface area (Å²) in [7, 11) is 0. The molecule has 0 heterocycles. The molecule has 0 aromatic heterocycles. The number of allylic oxidation sites excluding steroid dienone is 1. The van der Waals surface area contributed by atoms with Gasteiger partial charge in [-0.05, 0) is 33.5 Å². The number of ketones is 1. The highest BCUT2D eigenvalue weighted by Crippen LogP contribution is 2.37. The van der Waals surface area contributed by atoms with Crippen LogP contribution < -0.4 is 0 Å². The predicted octanol–water partition coefficient (Wildman–Crippen LogP) is 7.93. The normalized spacial score (nSPS) is 11.4. The van der Waals surface area contributed by atoms with Crippen LogP contribution in [0, 0.1) is 0 Å². The van der Waals surface area contributed by atoms with E-state index in [1.807, 2.05) is 97.1 Å². The summed E-state index contributed by atoms with van der Waals surface area (Å²) in [4.78, 5) is 13.9. The fourth-order valence-corrected chi connectivity index (χ4v) is 4.13. The summed E-state index contributed by atoms with van der Waals surface area (Å²) < 4.78 is 0. The van der Waals surface area contributed by atoms with Crippen molar-refractivity contribution in [1.29, 1.82) is 0 Å². The molecular formula is C31H22O. The van der Waals surface area contributed by atoms with Crippen LogP contribution in [0.2, 0.25) is 0 Å². The van der Waals surface area contributed by atoms with Crippen LogP contribution in [0.1, 0.15) is 21.5 Å². The SMILES string of the molecule is O=C(C(=Cc1ccccc1)c1c(-c2ccccc2)ccc2ccccc12)c1ccccc1. The van der Waals surface area contributed by atoms with Gasteiger partial charge in [-0.3, -0.25) is 4.79 Å². The maximum Gasteiger partial charge on any atom is 0.193 e. The molecular weight excluding hydrogens is 388 g/mol. The van der Waals surface area contributed by atoms with Gasteiger partial charge < -0.3 is 0 Å². The molecule has 0 radical (unpaired) electrons. The monoisotopic (exact) mass is 410 g/mol. The lowest BCUT2D eigenvalue weighted by molar-refractivity contribution is 0.105. The van der Waals surface area contributed by atoms with E-state index >= 15 is 0 Å². The van der Waals surface area contributed by atoms with Gasteiger partial charge >= 0.3 is 0 Å². The molecule has 0 unspecified atom stereocenters. The minimum Gasteiger partial charge on any atom is -0.289 e. The molecule has 0 atom stereocenters. The van der Waals surface area contributed by atoms with E-state index in [0.29, 0.717) is 11.1 Å². The van der Waals surface area contributed by atoms with Crippen molar-refractivity contribution in [3.8, 4) is 11.1 Å². The van der Waals surface area contributed by atoms with Crippen LogP contribution in [-0.2, 0) is 0 Å². The zero-order valence-electron chi connectivity index (χ0n) is 17.6. The molecule has 1 nitrogen and oxygen atoms in total. The standard InChI is InChI=1S/C31H22O/c32-31(26-17-8-3-9-18-26)29(22-23-12-4-1-5-13-23)30-27-19-11-10-16-25(27)20-21-28(30)24-14-6-2-7-15-24/h1-22H. The fraction of sp³-hybridized carbons (Fsp3) is 0. The van der Waals surface area contributed by atoms with Crippen molar-refractivity contribution < 1.29 is 4.79 Å². The van der Waals surface area contributed by atoms with Gasteiger partial charge in [0.15, 0.2) is 5.78 Å². The van der Waals surface area contributed by atoms with Gasteiger partial charge in [0.1, 0.15) is 0 Å². The van der Waals surface area contributed by atoms with Gasteiger partial charge in [-0.2, -0.15) is 0 Å². The van der Waals surface area contributed by atoms with E-state index in [2.05, 4.69) is 36.4 Å². The van der Waals surface area contributed by atoms with Gasteiger partial charge in [-0.15, -0.1) is 0 Å². The predicted molar refractivity (Wildman–Crippen MR) is 134 cm³/mol. The van der Waals surface area contributed by atoms with Crippen LogP contribution in [0.25, 0.3) is 33.5 Å². The number of benzene rings is 5. The van der Waals surface area contributed by atoms with Gasteiger partial charge in [0.25, 0.3) is 0 Å². The lowest BCUT2D eigenvalue weighted by Gasteiger charge is -2.17. The molecule has 0 aliphatic heterocycles. The van der Waals surface area contributed by atoms with Gasteiger partial charge in [0, 0.05) is 16.7 Å². The maximum absolute atomic E-state index is 13.9. The van der Waals surface area contributed by atoms with Crippen molar-refractivity contribution in [2.75, 3.05) is 0 Å². The van der Waals surface area contributed by atoms with E-state index in [1.54, 1.807) is 0 Å². The Labute approximate surface area is 188 Å². The quantitative estimate of drug-likeness (QED) is 0.163. The number of rotatable bonds is 5. The molecule has 152 valence electrons. The molecule has 5 rings (SSSR count). The molecule has 5 aromatic carbocycles. The molecule has 0 amide bonds. The molecule has 0 bridgehead atoms. The van der Waals surface area contributed by atoms with Crippen molar-refractivity contribution in [2.24, 2.45) is 0 Å². The lowest BCUT2D eigenvalue weighted by Crippen LogP contribution is -2.05. The van der Waals surface area contributed by atoms with Gasteiger partial charge in [0.2, 0.25) is 0 Å². The highest BCUT2D eigenvalue weighted by atomic mass is 16.1. The van der Waals surface area contributed by atoms with Crippen molar-refractivity contribution >= 4 is 28.2 Å². The molecule has 0 aliphatic carbocycles. The van der Waals surface area contributed by atoms with Gasteiger partial charge in [-0.1, -0.05) is 127 Å². The Morgan fingerprint density at radius 1 is 0.562 bits per heavy atom. The first-order valence-corrected chi connectivity index (χ1v) is 10.8. The van der Waals surface area contributed by atoms with E-state index in [-0.39, 0.29) is 5.78 Å². The van der Waals surface area contributed by atoms with Crippen LogP contribution in [0.4, 0.5) is 0 Å². The molecule has 1 heteroatoms. The Kier molecular flexibility index (Phi) is 5.47. The summed E-state index contributed by atoms with van der Waals surface area (Å²) in [5, 5.41) is 2.18. The summed E-state index contributed by atoms with van der Waals surface area (Å²) in [6, 6.07) is 42.4. The molecule has 0 spiro atoms. The zero-order valence-corrected chi connectivity index (χ0v) is 17.6. The number of Topliss-reactive ketones (excluding diaryl/α,β-unsaturated/α-hetero) is 1. The summed E-state index contributed by atoms with van der Waals surface area (Å²) in [5.41, 5.74) is 5.48. The second kappa shape index (κ2) is 8.87. The Bertz CT molecular complexity index is 1400. The summed E-state index contributed by atoms with van der Waals surface area (Å²) in [6.07, 6.45) is 2.02. The topological polar surface area (TPSA) is 17.1 Å². The van der Waals surface area contributed by atoms with Gasteiger partial charge in [0.05, 0.1) is 0 Å². The molecule has 0 saturated heterocycles. The second-order valence-corrected chi connectivity index (χ2v) is 7.74. The van der Waals surface area contributed by atoms with Crippen LogP contribution >= 0.6 is 0 Å². The number of hydrogen-bond donors (Lipinski definition) is 0. The fourth-order valence-electron chi connectivity index (χ4n) is 4.13. The Morgan fingerprint density at radius 2 is 1.16 bits per heavy atom. The van der Waals surface area contributed by atoms with Crippen molar-refractivity contribution in [3.63, 3.8) is 0 Å². The largest absolute Gasteiger partial charge is 0.289 e. The third-order valence-corrected chi connectivity index (χ3v) is 5.67. The van der Waals surface area contributed by atoms with E-state index < -0.39 is 0 Å². The third kappa shape index (κ3) is 3.89. The van der Waals surface area contributed by atoms with E-state index in [0.717, 1.165) is 33.0 Å². The highest BCUT2D eigenvalue weighted by molar-refractivity contribution is 6.35. The van der Waals surface area contributed by atoms with E-state index in [9.17, 15) is 4.79 Å². The summed E-state index contributed by atoms with van der Waals surface area (Å²) in [5.74, 6) is 0.0167. The molecule has 0 saturated carbocycles. The smallest absolute Gasteiger partial charge is 0.193 e. The molecule has 0 N–H and O–H groups in total. The van der Waals surface area contributed by atoms with Crippen molar-refractivity contribution in [2.45, 2.75) is 0 Å². The minimum absolute atomic E-state index is 0.0167. The van der Waals surface area contributed by atoms with Gasteiger partial charge in [-0.25, -0.2) is 0 Å². The van der Waals surface area contributed by atoms with Crippen LogP contribution in [0.3, 0.4) is 0 Å². The first-order chi connectivity index (χ1) is 15.8. The second-order valence-electron chi connectivity index (χ2n) is 7.74. The third-order valence-electron chi connectivity index (χ3n) is 5.67. The van der Waals surface area contributed by atoms with Crippen LogP contribution in [0.15, 0.2) is 127 Å². The summed E-state index contributed by atoms with van der Waals surface area (Å²) >= 11 is 0. The van der Waals surface area contributed by atoms with Crippen LogP contribution in [0.5, 0.6) is 0 Å². The van der Waals surface area contributed by atoms with Crippen LogP contribution in [-0.4, -0.2) is 5.78 Å². The number of carbonyl (C=O) groups is 1. The number of fused-ring (bicyclic) bond motifs is 1. The summed E-state index contributed by atoms with van der Waals surface area (Å²) in [6.45, 7) is 0. The van der Waals surface area contributed by atoms with Crippen molar-refractivity contribution in [3.05, 3.63) is 144 Å². The lowest BCUT2D eigenvalue weighted by atomic mass is 9.85. The Hall–Kier alpha value is -4.23. The molecule has 0 fully saturated rings. The average molecular weight is 411 g/mol. The number of hydrogen-bond acceptors (Lipinski definition) is 1. The van der Waals surface area contributed by atoms with E-state index in [1.165, 1.54) is 0 Å². The first-order valence-electron chi connectivity index (χ1n) is 10.8. The van der Waals surface area contributed by atoms with Crippen molar-refractivity contribution in [1.82, 2.24) is 0 Å². The first kappa shape index (κ1) is 19.7. The number of carbonyl (C=O) groups excluding carboxylic acids is 1. The maximum atomic E-state index is 13.9. The average Bonchev–Trinajstić information content (AvgIpc) is 2.88. The minimum atomic E-state index is 0.0167. The Balaban J connectivity index is 1.84. The molecule has 0 aliphatic rings. The highest BCUT2D eigenvalue weighted by Gasteiger charge is 2.20. The Morgan fingerprint density at radius 3 is 1.88 bits per heavy atom. The molecule has 5 aromatic rings. The zero-order chi connectivity index (χ0) is 21.8. The van der Waals surface area contributed by atoms with E-state index in [4.69, 9.17) is 0 Å². The molecule has 32 heavy (non-hydrogen) atoms.